The maximum Gasteiger partial charge on any atom is 0.0792 e. The van der Waals surface area contributed by atoms with E-state index in [0.29, 0.717) is 18.0 Å². The Kier molecular flexibility index (Phi) is 11.6. The number of benzene rings is 2. The van der Waals surface area contributed by atoms with E-state index >= 15 is 0 Å². The Bertz CT molecular complexity index is 794. The predicted octanol–water partition coefficient (Wildman–Crippen LogP) is 5.55. The normalized spacial score (nSPS) is 19.6. The standard InChI is InChI=1S/C30H47N3O/c1-5-8-14-28(32-6-2)30(34-4)27(25-12-10-9-11-13-25)20-17-24-15-18-26(19-16-24)29-23-31-21-22-33(29)7-3/h9-13,15-16,18-19,27-32H,5-8,14,17,20-23H2,1-4H3. The average Bonchev–Trinajstić information content (AvgIpc) is 2.90. The molecule has 1 heterocycles. The van der Waals surface area contributed by atoms with E-state index in [0.717, 1.165) is 52.0 Å². The van der Waals surface area contributed by atoms with Crippen LogP contribution in [0.5, 0.6) is 0 Å². The van der Waals surface area contributed by atoms with Crippen LogP contribution in [0.4, 0.5) is 0 Å². The maximum atomic E-state index is 6.21. The van der Waals surface area contributed by atoms with Gasteiger partial charge in [-0.05, 0) is 49.0 Å². The van der Waals surface area contributed by atoms with E-state index in [9.17, 15) is 0 Å². The lowest BCUT2D eigenvalue weighted by atomic mass is 9.83. The summed E-state index contributed by atoms with van der Waals surface area (Å²) in [4.78, 5) is 2.58. The molecule has 0 aliphatic carbocycles. The van der Waals surface area contributed by atoms with Crippen LogP contribution in [0.15, 0.2) is 54.6 Å². The molecule has 2 N–H and O–H groups in total. The highest BCUT2D eigenvalue weighted by Crippen LogP contribution is 2.31. The third kappa shape index (κ3) is 7.39. The zero-order valence-corrected chi connectivity index (χ0v) is 21.9. The molecule has 4 nitrogen and oxygen atoms in total. The minimum Gasteiger partial charge on any atom is -0.379 e. The second kappa shape index (κ2) is 14.6. The van der Waals surface area contributed by atoms with Gasteiger partial charge >= 0.3 is 0 Å². The molecule has 4 atom stereocenters. The van der Waals surface area contributed by atoms with Gasteiger partial charge < -0.3 is 15.4 Å². The Labute approximate surface area is 208 Å². The van der Waals surface area contributed by atoms with Gasteiger partial charge in [0.2, 0.25) is 0 Å². The van der Waals surface area contributed by atoms with Crippen LogP contribution in [0.25, 0.3) is 0 Å². The van der Waals surface area contributed by atoms with Crippen molar-refractivity contribution in [1.82, 2.24) is 15.5 Å². The fraction of sp³-hybridized carbons (Fsp3) is 0.600. The van der Waals surface area contributed by atoms with Crippen molar-refractivity contribution >= 4 is 0 Å². The molecule has 188 valence electrons. The quantitative estimate of drug-likeness (QED) is 0.383. The predicted molar refractivity (Wildman–Crippen MR) is 145 cm³/mol. The second-order valence-corrected chi connectivity index (χ2v) is 9.65. The Morgan fingerprint density at radius 3 is 2.44 bits per heavy atom. The van der Waals surface area contributed by atoms with Crippen molar-refractivity contribution in [2.75, 3.05) is 39.8 Å². The molecule has 0 radical (unpaired) electrons. The monoisotopic (exact) mass is 465 g/mol. The van der Waals surface area contributed by atoms with Crippen molar-refractivity contribution in [2.45, 2.75) is 77.0 Å². The topological polar surface area (TPSA) is 36.5 Å². The molecule has 4 heteroatoms. The third-order valence-electron chi connectivity index (χ3n) is 7.50. The largest absolute Gasteiger partial charge is 0.379 e. The highest BCUT2D eigenvalue weighted by Gasteiger charge is 2.30. The van der Waals surface area contributed by atoms with Gasteiger partial charge in [0.15, 0.2) is 0 Å². The third-order valence-corrected chi connectivity index (χ3v) is 7.50. The highest BCUT2D eigenvalue weighted by atomic mass is 16.5. The van der Waals surface area contributed by atoms with Gasteiger partial charge in [-0.25, -0.2) is 0 Å². The van der Waals surface area contributed by atoms with Crippen molar-refractivity contribution < 1.29 is 4.74 Å². The number of nitrogens with one attached hydrogen (secondary N) is 2. The molecule has 0 amide bonds. The number of nitrogens with zero attached hydrogens (tertiary/aromatic N) is 1. The summed E-state index contributed by atoms with van der Waals surface area (Å²) < 4.78 is 6.21. The lowest BCUT2D eigenvalue weighted by Gasteiger charge is -2.35. The first-order chi connectivity index (χ1) is 16.7. The van der Waals surface area contributed by atoms with E-state index in [2.05, 4.69) is 90.9 Å². The number of likely N-dealkylation sites (N-methyl/N-ethyl adjacent to an activating group) is 2. The van der Waals surface area contributed by atoms with Crippen molar-refractivity contribution in [3.8, 4) is 0 Å². The molecule has 1 fully saturated rings. The molecule has 3 rings (SSSR count). The van der Waals surface area contributed by atoms with Crippen LogP contribution in [-0.4, -0.2) is 56.9 Å². The number of piperazine rings is 1. The van der Waals surface area contributed by atoms with E-state index < -0.39 is 0 Å². The minimum atomic E-state index is 0.166. The van der Waals surface area contributed by atoms with Gasteiger partial charge in [0.1, 0.15) is 0 Å². The van der Waals surface area contributed by atoms with E-state index in [1.807, 2.05) is 7.11 Å². The highest BCUT2D eigenvalue weighted by molar-refractivity contribution is 5.27. The molecular weight excluding hydrogens is 418 g/mol. The summed E-state index contributed by atoms with van der Waals surface area (Å²) in [7, 11) is 1.89. The maximum absolute atomic E-state index is 6.21. The van der Waals surface area contributed by atoms with Crippen LogP contribution in [-0.2, 0) is 11.2 Å². The number of methoxy groups -OCH3 is 1. The van der Waals surface area contributed by atoms with Crippen molar-refractivity contribution in [3.63, 3.8) is 0 Å². The summed E-state index contributed by atoms with van der Waals surface area (Å²) in [5, 5.41) is 7.30. The van der Waals surface area contributed by atoms with Crippen molar-refractivity contribution in [3.05, 3.63) is 71.3 Å². The SMILES string of the molecule is CCCCC(NCC)C(OC)C(CCc1ccc(C2CNCCN2CC)cc1)c1ccccc1. The molecule has 1 aliphatic heterocycles. The van der Waals surface area contributed by atoms with Crippen LogP contribution < -0.4 is 10.6 Å². The van der Waals surface area contributed by atoms with Gasteiger partial charge in [-0.15, -0.1) is 0 Å². The van der Waals surface area contributed by atoms with E-state index in [4.69, 9.17) is 4.74 Å². The summed E-state index contributed by atoms with van der Waals surface area (Å²) >= 11 is 0. The fourth-order valence-corrected chi connectivity index (χ4v) is 5.58. The van der Waals surface area contributed by atoms with Gasteiger partial charge in [-0.1, -0.05) is 88.2 Å². The summed E-state index contributed by atoms with van der Waals surface area (Å²) in [6, 6.07) is 21.2. The molecule has 0 bridgehead atoms. The number of aryl methyl sites for hydroxylation is 1. The number of hydrogen-bond donors (Lipinski definition) is 2. The molecule has 1 saturated heterocycles. The van der Waals surface area contributed by atoms with Crippen LogP contribution >= 0.6 is 0 Å². The van der Waals surface area contributed by atoms with E-state index in [-0.39, 0.29) is 6.10 Å². The Morgan fingerprint density at radius 2 is 1.79 bits per heavy atom. The van der Waals surface area contributed by atoms with Gasteiger partial charge in [-0.3, -0.25) is 4.90 Å². The van der Waals surface area contributed by atoms with Crippen molar-refractivity contribution in [1.29, 1.82) is 0 Å². The van der Waals surface area contributed by atoms with Gasteiger partial charge in [0.25, 0.3) is 0 Å². The van der Waals surface area contributed by atoms with E-state index in [1.165, 1.54) is 29.5 Å². The Hall–Kier alpha value is -1.72. The number of hydrogen-bond acceptors (Lipinski definition) is 4. The van der Waals surface area contributed by atoms with Crippen LogP contribution in [0.1, 0.15) is 75.1 Å². The number of rotatable bonds is 14. The molecule has 2 aromatic carbocycles. The van der Waals surface area contributed by atoms with Crippen LogP contribution in [0.3, 0.4) is 0 Å². The van der Waals surface area contributed by atoms with E-state index in [1.54, 1.807) is 0 Å². The number of unbranched alkanes of at least 4 members (excludes halogenated alkanes) is 1. The first-order valence-corrected chi connectivity index (χ1v) is 13.6. The van der Waals surface area contributed by atoms with Crippen molar-refractivity contribution in [2.24, 2.45) is 0 Å². The zero-order valence-electron chi connectivity index (χ0n) is 21.9. The molecule has 0 saturated carbocycles. The lowest BCUT2D eigenvalue weighted by Crippen LogP contribution is -2.45. The molecule has 1 aliphatic rings. The summed E-state index contributed by atoms with van der Waals surface area (Å²) in [5.41, 5.74) is 4.23. The average molecular weight is 466 g/mol. The van der Waals surface area contributed by atoms with Crippen LogP contribution in [0.2, 0.25) is 0 Å². The fourth-order valence-electron chi connectivity index (χ4n) is 5.58. The smallest absolute Gasteiger partial charge is 0.0792 e. The number of ether oxygens (including phenoxy) is 1. The Morgan fingerprint density at radius 1 is 1.03 bits per heavy atom. The molecule has 2 aromatic rings. The van der Waals surface area contributed by atoms with Gasteiger partial charge in [-0.2, -0.15) is 0 Å². The zero-order chi connectivity index (χ0) is 24.2. The first kappa shape index (κ1) is 26.9. The molecular formula is C30H47N3O. The lowest BCUT2D eigenvalue weighted by molar-refractivity contribution is 0.0408. The van der Waals surface area contributed by atoms with Crippen LogP contribution in [0, 0.1) is 0 Å². The molecule has 0 spiro atoms. The molecule has 0 aromatic heterocycles. The summed E-state index contributed by atoms with van der Waals surface area (Å²) in [6.45, 7) is 12.1. The Balaban J connectivity index is 1.74. The van der Waals surface area contributed by atoms with Gasteiger partial charge in [0, 0.05) is 44.7 Å². The molecule has 34 heavy (non-hydrogen) atoms. The summed E-state index contributed by atoms with van der Waals surface area (Å²) in [5.74, 6) is 0.366. The minimum absolute atomic E-state index is 0.166. The van der Waals surface area contributed by atoms with Gasteiger partial charge in [0.05, 0.1) is 6.10 Å². The first-order valence-electron chi connectivity index (χ1n) is 13.6. The summed E-state index contributed by atoms with van der Waals surface area (Å²) in [6.07, 6.45) is 5.91. The second-order valence-electron chi connectivity index (χ2n) is 9.65. The molecule has 4 unspecified atom stereocenters.